The molecule has 0 spiro atoms. The molecule has 0 aliphatic carbocycles. The van der Waals surface area contributed by atoms with Crippen LogP contribution < -0.4 is 4.90 Å². The van der Waals surface area contributed by atoms with Gasteiger partial charge in [0.1, 0.15) is 5.52 Å². The fourth-order valence-electron chi connectivity index (χ4n) is 3.02. The summed E-state index contributed by atoms with van der Waals surface area (Å²) in [6.45, 7) is 3.14. The maximum Gasteiger partial charge on any atom is 0.298 e. The molecule has 0 radical (unpaired) electrons. The Kier molecular flexibility index (Phi) is 4.02. The van der Waals surface area contributed by atoms with Gasteiger partial charge >= 0.3 is 0 Å². The first kappa shape index (κ1) is 15.8. The second-order valence-electron chi connectivity index (χ2n) is 6.68. The first-order valence-corrected chi connectivity index (χ1v) is 7.91. The molecular formula is C17H23N3O3. The third-order valence-corrected chi connectivity index (χ3v) is 4.34. The average molecular weight is 317 g/mol. The van der Waals surface area contributed by atoms with E-state index in [1.165, 1.54) is 4.90 Å². The molecule has 1 unspecified atom stereocenters. The molecule has 6 nitrogen and oxygen atoms in total. The number of benzene rings is 1. The van der Waals surface area contributed by atoms with E-state index in [0.29, 0.717) is 19.0 Å². The number of rotatable bonds is 3. The zero-order chi connectivity index (χ0) is 16.6. The number of nitrogens with zero attached hydrogens (tertiary/aromatic N) is 3. The highest BCUT2D eigenvalue weighted by atomic mass is 16.4. The van der Waals surface area contributed by atoms with Gasteiger partial charge < -0.3 is 19.3 Å². The number of β-amino-alcohol motifs (C(OH)–C–C–N with tert-alkyl or cyclic N) is 1. The number of oxazole rings is 1. The van der Waals surface area contributed by atoms with E-state index in [1.807, 2.05) is 30.0 Å². The molecule has 1 atom stereocenters. The number of carbonyl (C=O) groups is 1. The maximum absolute atomic E-state index is 11.9. The number of hydrogen-bond donors (Lipinski definition) is 1. The van der Waals surface area contributed by atoms with Crippen LogP contribution in [0, 0.1) is 6.92 Å². The van der Waals surface area contributed by atoms with Crippen LogP contribution >= 0.6 is 0 Å². The van der Waals surface area contributed by atoms with Crippen molar-refractivity contribution in [2.75, 3.05) is 32.1 Å². The Morgan fingerprint density at radius 1 is 1.48 bits per heavy atom. The number of fused-ring (bicyclic) bond motifs is 1. The second kappa shape index (κ2) is 5.85. The van der Waals surface area contributed by atoms with Gasteiger partial charge in [-0.2, -0.15) is 4.98 Å². The Labute approximate surface area is 135 Å². The van der Waals surface area contributed by atoms with E-state index in [9.17, 15) is 9.90 Å². The van der Waals surface area contributed by atoms with Crippen LogP contribution in [0.5, 0.6) is 0 Å². The summed E-state index contributed by atoms with van der Waals surface area (Å²) in [6.07, 6.45) is 1.53. The van der Waals surface area contributed by atoms with Crippen molar-refractivity contribution in [2.24, 2.45) is 0 Å². The van der Waals surface area contributed by atoms with Gasteiger partial charge in [0.15, 0.2) is 5.58 Å². The summed E-state index contributed by atoms with van der Waals surface area (Å²) in [7, 11) is 3.41. The zero-order valence-electron chi connectivity index (χ0n) is 13.9. The SMILES string of the molecule is Cc1ccc2oc(N3CCCC(O)(CC(=O)N(C)C)C3)nc2c1. The lowest BCUT2D eigenvalue weighted by atomic mass is 9.89. The molecule has 6 heteroatoms. The molecule has 0 saturated carbocycles. The summed E-state index contributed by atoms with van der Waals surface area (Å²) in [4.78, 5) is 19.9. The minimum Gasteiger partial charge on any atom is -0.423 e. The van der Waals surface area contributed by atoms with E-state index >= 15 is 0 Å². The number of hydrogen-bond acceptors (Lipinski definition) is 5. The van der Waals surface area contributed by atoms with Crippen LogP contribution in [-0.4, -0.2) is 53.7 Å². The summed E-state index contributed by atoms with van der Waals surface area (Å²) < 4.78 is 5.82. The number of carbonyl (C=O) groups excluding carboxylic acids is 1. The van der Waals surface area contributed by atoms with E-state index in [1.54, 1.807) is 14.1 Å². The first-order chi connectivity index (χ1) is 10.9. The summed E-state index contributed by atoms with van der Waals surface area (Å²) in [6, 6.07) is 6.39. The minimum atomic E-state index is -1.03. The standard InChI is InChI=1S/C17H23N3O3/c1-12-5-6-14-13(9-12)18-16(23-14)20-8-4-7-17(22,11-20)10-15(21)19(2)3/h5-6,9,22H,4,7-8,10-11H2,1-3H3. The monoisotopic (exact) mass is 317 g/mol. The Morgan fingerprint density at radius 2 is 2.26 bits per heavy atom. The Bertz CT molecular complexity index is 725. The molecule has 1 fully saturated rings. The van der Waals surface area contributed by atoms with Gasteiger partial charge in [0.05, 0.1) is 18.6 Å². The lowest BCUT2D eigenvalue weighted by molar-refractivity contribution is -0.134. The normalized spacial score (nSPS) is 21.7. The lowest BCUT2D eigenvalue weighted by Crippen LogP contribution is -2.50. The van der Waals surface area contributed by atoms with E-state index in [-0.39, 0.29) is 12.3 Å². The zero-order valence-corrected chi connectivity index (χ0v) is 13.9. The number of aromatic nitrogens is 1. The minimum absolute atomic E-state index is 0.0671. The highest BCUT2D eigenvalue weighted by Crippen LogP contribution is 2.30. The first-order valence-electron chi connectivity index (χ1n) is 7.91. The summed E-state index contributed by atoms with van der Waals surface area (Å²) >= 11 is 0. The molecular weight excluding hydrogens is 294 g/mol. The third-order valence-electron chi connectivity index (χ3n) is 4.34. The third kappa shape index (κ3) is 3.32. The predicted octanol–water partition coefficient (Wildman–Crippen LogP) is 1.95. The molecule has 2 aromatic rings. The van der Waals surface area contributed by atoms with Crippen LogP contribution in [0.1, 0.15) is 24.8 Å². The molecule has 1 saturated heterocycles. The molecule has 2 heterocycles. The van der Waals surface area contributed by atoms with Gasteiger partial charge in [-0.1, -0.05) is 6.07 Å². The Hall–Kier alpha value is -2.08. The Morgan fingerprint density at radius 3 is 3.00 bits per heavy atom. The van der Waals surface area contributed by atoms with E-state index < -0.39 is 5.60 Å². The fraction of sp³-hybridized carbons (Fsp3) is 0.529. The van der Waals surface area contributed by atoms with Crippen LogP contribution in [0.15, 0.2) is 22.6 Å². The Balaban J connectivity index is 1.80. The van der Waals surface area contributed by atoms with Crippen molar-refractivity contribution < 1.29 is 14.3 Å². The van der Waals surface area contributed by atoms with Gasteiger partial charge in [-0.25, -0.2) is 0 Å². The predicted molar refractivity (Wildman–Crippen MR) is 88.5 cm³/mol. The maximum atomic E-state index is 11.9. The lowest BCUT2D eigenvalue weighted by Gasteiger charge is -2.38. The van der Waals surface area contributed by atoms with Gasteiger partial charge in [-0.05, 0) is 37.5 Å². The smallest absolute Gasteiger partial charge is 0.298 e. The number of aryl methyl sites for hydroxylation is 1. The van der Waals surface area contributed by atoms with Gasteiger partial charge in [-0.15, -0.1) is 0 Å². The molecule has 1 N–H and O–H groups in total. The van der Waals surface area contributed by atoms with Crippen molar-refractivity contribution in [3.63, 3.8) is 0 Å². The van der Waals surface area contributed by atoms with Crippen LogP contribution in [0.25, 0.3) is 11.1 Å². The second-order valence-corrected chi connectivity index (χ2v) is 6.68. The molecule has 1 aliphatic heterocycles. The van der Waals surface area contributed by atoms with Crippen LogP contribution in [0.4, 0.5) is 6.01 Å². The van der Waals surface area contributed by atoms with Crippen molar-refractivity contribution in [1.29, 1.82) is 0 Å². The largest absolute Gasteiger partial charge is 0.423 e. The summed E-state index contributed by atoms with van der Waals surface area (Å²) in [5.74, 6) is -0.0671. The van der Waals surface area contributed by atoms with E-state index in [4.69, 9.17) is 4.42 Å². The topological polar surface area (TPSA) is 69.8 Å². The van der Waals surface area contributed by atoms with Crippen LogP contribution in [0.2, 0.25) is 0 Å². The molecule has 1 amide bonds. The van der Waals surface area contributed by atoms with Crippen molar-refractivity contribution >= 4 is 23.0 Å². The molecule has 23 heavy (non-hydrogen) atoms. The fourth-order valence-corrected chi connectivity index (χ4v) is 3.02. The molecule has 3 rings (SSSR count). The summed E-state index contributed by atoms with van der Waals surface area (Å²) in [5.41, 5.74) is 1.66. The average Bonchev–Trinajstić information content (AvgIpc) is 2.89. The molecule has 124 valence electrons. The van der Waals surface area contributed by atoms with Crippen molar-refractivity contribution in [1.82, 2.24) is 9.88 Å². The number of aliphatic hydroxyl groups is 1. The molecule has 0 bridgehead atoms. The van der Waals surface area contributed by atoms with Crippen molar-refractivity contribution in [2.45, 2.75) is 31.8 Å². The van der Waals surface area contributed by atoms with Gasteiger partial charge in [-0.3, -0.25) is 4.79 Å². The van der Waals surface area contributed by atoms with Crippen molar-refractivity contribution in [3.05, 3.63) is 23.8 Å². The number of amides is 1. The van der Waals surface area contributed by atoms with Gasteiger partial charge in [0, 0.05) is 20.6 Å². The highest BCUT2D eigenvalue weighted by Gasteiger charge is 2.37. The van der Waals surface area contributed by atoms with Crippen molar-refractivity contribution in [3.8, 4) is 0 Å². The molecule has 1 aromatic heterocycles. The van der Waals surface area contributed by atoms with Gasteiger partial charge in [0.2, 0.25) is 5.91 Å². The highest BCUT2D eigenvalue weighted by molar-refractivity contribution is 5.77. The number of anilines is 1. The van der Waals surface area contributed by atoms with E-state index in [2.05, 4.69) is 4.98 Å². The molecule has 1 aromatic carbocycles. The summed E-state index contributed by atoms with van der Waals surface area (Å²) in [5, 5.41) is 10.8. The number of piperidine rings is 1. The van der Waals surface area contributed by atoms with E-state index in [0.717, 1.165) is 29.6 Å². The molecule has 1 aliphatic rings. The van der Waals surface area contributed by atoms with Gasteiger partial charge in [0.25, 0.3) is 6.01 Å². The quantitative estimate of drug-likeness (QED) is 0.937. The van der Waals surface area contributed by atoms with Crippen LogP contribution in [0.3, 0.4) is 0 Å². The van der Waals surface area contributed by atoms with Crippen LogP contribution in [-0.2, 0) is 4.79 Å².